The third kappa shape index (κ3) is 3.05. The zero-order valence-electron chi connectivity index (χ0n) is 18.0. The Morgan fingerprint density at radius 1 is 1.23 bits per heavy atom. The van der Waals surface area contributed by atoms with Gasteiger partial charge in [0.05, 0.1) is 13.7 Å². The molecule has 0 bridgehead atoms. The monoisotopic (exact) mass is 404 g/mol. The Balaban J connectivity index is 1.69. The highest BCUT2D eigenvalue weighted by Gasteiger charge is 2.59. The van der Waals surface area contributed by atoms with E-state index < -0.39 is 5.66 Å². The zero-order valence-corrected chi connectivity index (χ0v) is 18.0. The Bertz CT molecular complexity index is 1040. The summed E-state index contributed by atoms with van der Waals surface area (Å²) in [4.78, 5) is 14.6. The third-order valence-electron chi connectivity index (χ3n) is 6.06. The molecule has 1 unspecified atom stereocenters. The van der Waals surface area contributed by atoms with Crippen LogP contribution in [0.15, 0.2) is 60.7 Å². The fourth-order valence-electron chi connectivity index (χ4n) is 4.46. The molecule has 2 aromatic carbocycles. The predicted molar refractivity (Wildman–Crippen MR) is 120 cm³/mol. The molecule has 1 fully saturated rings. The summed E-state index contributed by atoms with van der Waals surface area (Å²) < 4.78 is 11.3. The van der Waals surface area contributed by atoms with E-state index in [1.807, 2.05) is 37.3 Å². The second-order valence-electron chi connectivity index (χ2n) is 8.53. The van der Waals surface area contributed by atoms with Gasteiger partial charge in [0.2, 0.25) is 5.91 Å². The smallest absolute Gasteiger partial charge is 0.241 e. The van der Waals surface area contributed by atoms with Crippen molar-refractivity contribution in [1.82, 2.24) is 5.32 Å². The van der Waals surface area contributed by atoms with E-state index in [0.717, 1.165) is 16.8 Å². The first-order chi connectivity index (χ1) is 14.3. The van der Waals surface area contributed by atoms with E-state index in [1.165, 1.54) is 5.56 Å². The second kappa shape index (κ2) is 7.24. The van der Waals surface area contributed by atoms with Crippen LogP contribution in [-0.2, 0) is 10.2 Å². The van der Waals surface area contributed by atoms with Crippen LogP contribution in [0, 0.1) is 0 Å². The molecule has 4 rings (SSSR count). The van der Waals surface area contributed by atoms with Gasteiger partial charge in [-0.1, -0.05) is 50.8 Å². The molecule has 5 nitrogen and oxygen atoms in total. The minimum absolute atomic E-state index is 0.0309. The van der Waals surface area contributed by atoms with Crippen molar-refractivity contribution in [2.24, 2.45) is 0 Å². The SMILES string of the molecule is C=C(C)COc1ccc(C=CC23NC(=O)CN2c2ccccc2C3(C)C)cc1OC. The molecule has 1 saturated heterocycles. The van der Waals surface area contributed by atoms with Crippen LogP contribution in [0.1, 0.15) is 31.9 Å². The number of hydrogen-bond donors (Lipinski definition) is 1. The number of benzene rings is 2. The van der Waals surface area contributed by atoms with Crippen LogP contribution in [0.4, 0.5) is 5.69 Å². The van der Waals surface area contributed by atoms with E-state index in [0.29, 0.717) is 24.7 Å². The van der Waals surface area contributed by atoms with Crippen LogP contribution >= 0.6 is 0 Å². The summed E-state index contributed by atoms with van der Waals surface area (Å²) in [6, 6.07) is 14.1. The van der Waals surface area contributed by atoms with Crippen LogP contribution in [0.5, 0.6) is 11.5 Å². The van der Waals surface area contributed by atoms with E-state index in [2.05, 4.69) is 54.9 Å². The van der Waals surface area contributed by atoms with Crippen molar-refractivity contribution in [3.05, 3.63) is 71.8 Å². The highest BCUT2D eigenvalue weighted by Crippen LogP contribution is 2.52. The molecule has 0 radical (unpaired) electrons. The number of rotatable bonds is 6. The number of nitrogens with zero attached hydrogens (tertiary/aromatic N) is 1. The fraction of sp³-hybridized carbons (Fsp3) is 0.320. The van der Waals surface area contributed by atoms with E-state index in [-0.39, 0.29) is 11.3 Å². The Kier molecular flexibility index (Phi) is 4.85. The van der Waals surface area contributed by atoms with Crippen molar-refractivity contribution in [1.29, 1.82) is 0 Å². The number of ether oxygens (including phenoxy) is 2. The Hall–Kier alpha value is -3.21. The molecule has 1 N–H and O–H groups in total. The molecule has 5 heteroatoms. The van der Waals surface area contributed by atoms with Crippen molar-refractivity contribution >= 4 is 17.7 Å². The lowest BCUT2D eigenvalue weighted by Gasteiger charge is -2.40. The Labute approximate surface area is 178 Å². The van der Waals surface area contributed by atoms with Crippen molar-refractivity contribution < 1.29 is 14.3 Å². The lowest BCUT2D eigenvalue weighted by molar-refractivity contribution is -0.118. The van der Waals surface area contributed by atoms with E-state index in [1.54, 1.807) is 7.11 Å². The molecular weight excluding hydrogens is 376 g/mol. The summed E-state index contributed by atoms with van der Waals surface area (Å²) >= 11 is 0. The summed E-state index contributed by atoms with van der Waals surface area (Å²) in [5.74, 6) is 1.38. The van der Waals surface area contributed by atoms with Gasteiger partial charge in [-0.05, 0) is 47.9 Å². The molecule has 0 aromatic heterocycles. The van der Waals surface area contributed by atoms with Gasteiger partial charge in [0, 0.05) is 11.1 Å². The van der Waals surface area contributed by atoms with Crippen molar-refractivity contribution in [2.45, 2.75) is 31.8 Å². The average Bonchev–Trinajstić information content (AvgIpc) is 3.15. The van der Waals surface area contributed by atoms with E-state index >= 15 is 0 Å². The standard InChI is InChI=1S/C25H28N2O3/c1-17(2)16-30-21-11-10-18(14-22(21)29-5)12-13-25-24(3,4)19-8-6-7-9-20(19)27(25)15-23(28)26-25/h6-14H,1,15-16H2,2-5H3,(H,26,28). The van der Waals surface area contributed by atoms with Gasteiger partial charge in [-0.3, -0.25) is 4.79 Å². The maximum atomic E-state index is 12.4. The number of carbonyl (C=O) groups excluding carboxylic acids is 1. The van der Waals surface area contributed by atoms with Gasteiger partial charge in [0.1, 0.15) is 12.3 Å². The summed E-state index contributed by atoms with van der Waals surface area (Å²) in [6.45, 7) is 10.9. The molecule has 0 saturated carbocycles. The molecule has 1 amide bonds. The second-order valence-corrected chi connectivity index (χ2v) is 8.53. The summed E-state index contributed by atoms with van der Waals surface area (Å²) in [7, 11) is 1.63. The van der Waals surface area contributed by atoms with Crippen molar-refractivity contribution in [3.8, 4) is 11.5 Å². The maximum Gasteiger partial charge on any atom is 0.241 e. The van der Waals surface area contributed by atoms with Gasteiger partial charge < -0.3 is 19.7 Å². The van der Waals surface area contributed by atoms with Gasteiger partial charge >= 0.3 is 0 Å². The molecule has 0 aliphatic carbocycles. The minimum Gasteiger partial charge on any atom is -0.493 e. The van der Waals surface area contributed by atoms with Crippen LogP contribution in [0.2, 0.25) is 0 Å². The molecule has 2 aromatic rings. The normalized spacial score (nSPS) is 21.3. The topological polar surface area (TPSA) is 50.8 Å². The maximum absolute atomic E-state index is 12.4. The summed E-state index contributed by atoms with van der Waals surface area (Å²) in [5, 5.41) is 3.24. The summed E-state index contributed by atoms with van der Waals surface area (Å²) in [5.41, 5.74) is 3.34. The number of para-hydroxylation sites is 1. The molecule has 2 heterocycles. The lowest BCUT2D eigenvalue weighted by atomic mass is 9.75. The Morgan fingerprint density at radius 2 is 2.00 bits per heavy atom. The molecule has 2 aliphatic heterocycles. The highest BCUT2D eigenvalue weighted by atomic mass is 16.5. The molecule has 0 spiro atoms. The first-order valence-electron chi connectivity index (χ1n) is 10.1. The highest BCUT2D eigenvalue weighted by molar-refractivity contribution is 5.91. The average molecular weight is 405 g/mol. The summed E-state index contributed by atoms with van der Waals surface area (Å²) in [6.07, 6.45) is 4.14. The van der Waals surface area contributed by atoms with Crippen molar-refractivity contribution in [2.75, 3.05) is 25.2 Å². The largest absolute Gasteiger partial charge is 0.493 e. The number of carbonyl (C=O) groups is 1. The van der Waals surface area contributed by atoms with Crippen LogP contribution in [0.3, 0.4) is 0 Å². The zero-order chi connectivity index (χ0) is 21.5. The number of anilines is 1. The molecular formula is C25H28N2O3. The fourth-order valence-corrected chi connectivity index (χ4v) is 4.46. The quantitative estimate of drug-likeness (QED) is 0.730. The number of amides is 1. The van der Waals surface area contributed by atoms with E-state index in [9.17, 15) is 4.79 Å². The van der Waals surface area contributed by atoms with Gasteiger partial charge in [0.25, 0.3) is 0 Å². The van der Waals surface area contributed by atoms with Gasteiger partial charge in [-0.15, -0.1) is 0 Å². The van der Waals surface area contributed by atoms with Gasteiger partial charge in [-0.2, -0.15) is 0 Å². The van der Waals surface area contributed by atoms with Crippen LogP contribution in [-0.4, -0.2) is 31.8 Å². The first kappa shape index (κ1) is 20.1. The van der Waals surface area contributed by atoms with Gasteiger partial charge in [-0.25, -0.2) is 0 Å². The molecule has 1 atom stereocenters. The molecule has 30 heavy (non-hydrogen) atoms. The lowest BCUT2D eigenvalue weighted by Crippen LogP contribution is -2.58. The third-order valence-corrected chi connectivity index (χ3v) is 6.06. The number of fused-ring (bicyclic) bond motifs is 3. The number of methoxy groups -OCH3 is 1. The number of nitrogens with one attached hydrogen (secondary N) is 1. The number of hydrogen-bond acceptors (Lipinski definition) is 4. The first-order valence-corrected chi connectivity index (χ1v) is 10.1. The Morgan fingerprint density at radius 3 is 2.73 bits per heavy atom. The minimum atomic E-state index is -0.615. The molecule has 156 valence electrons. The molecule has 2 aliphatic rings. The van der Waals surface area contributed by atoms with E-state index in [4.69, 9.17) is 9.47 Å². The van der Waals surface area contributed by atoms with Crippen molar-refractivity contribution in [3.63, 3.8) is 0 Å². The van der Waals surface area contributed by atoms with Gasteiger partial charge in [0.15, 0.2) is 11.5 Å². The van der Waals surface area contributed by atoms with Crippen LogP contribution in [0.25, 0.3) is 6.08 Å². The van der Waals surface area contributed by atoms with Crippen LogP contribution < -0.4 is 19.7 Å². The predicted octanol–water partition coefficient (Wildman–Crippen LogP) is 4.29.